The Kier molecular flexibility index (Phi) is 6.18. The van der Waals surface area contributed by atoms with Crippen molar-refractivity contribution < 1.29 is 4.12 Å². The molecule has 0 aromatic heterocycles. The van der Waals surface area contributed by atoms with Crippen LogP contribution in [-0.2, 0) is 4.12 Å². The molecule has 0 unspecified atom stereocenters. The second-order valence-electron chi connectivity index (χ2n) is 2.14. The van der Waals surface area contributed by atoms with E-state index in [2.05, 4.69) is 19.6 Å². The van der Waals surface area contributed by atoms with Crippen LogP contribution in [0.3, 0.4) is 0 Å². The molecule has 0 fully saturated rings. The van der Waals surface area contributed by atoms with E-state index >= 15 is 0 Å². The molecular formula is C4H15OSi3. The van der Waals surface area contributed by atoms with Gasteiger partial charge in [0, 0.05) is 9.52 Å². The third-order valence-corrected chi connectivity index (χ3v) is 6.97. The molecule has 0 aliphatic heterocycles. The van der Waals surface area contributed by atoms with E-state index in [1.54, 1.807) is 0 Å². The van der Waals surface area contributed by atoms with Gasteiger partial charge in [0.15, 0.2) is 18.8 Å². The molecule has 0 rings (SSSR count). The van der Waals surface area contributed by atoms with Crippen LogP contribution in [0.15, 0.2) is 0 Å². The summed E-state index contributed by atoms with van der Waals surface area (Å²) in [5.74, 6) is 0. The van der Waals surface area contributed by atoms with E-state index in [1.165, 1.54) is 5.67 Å². The van der Waals surface area contributed by atoms with E-state index in [-0.39, 0.29) is 0 Å². The Hall–Kier alpha value is 0.611. The minimum atomic E-state index is -0.643. The first-order valence-corrected chi connectivity index (χ1v) is 9.72. The highest BCUT2D eigenvalue weighted by molar-refractivity contribution is 6.60. The number of rotatable bonds is 4. The largest absolute Gasteiger partial charge is 0.461 e. The van der Waals surface area contributed by atoms with Gasteiger partial charge in [-0.25, -0.2) is 0 Å². The summed E-state index contributed by atoms with van der Waals surface area (Å²) in [7, 11) is 0.0741. The Labute approximate surface area is 58.3 Å². The van der Waals surface area contributed by atoms with Crippen molar-refractivity contribution >= 4 is 28.3 Å². The molecule has 4 heteroatoms. The van der Waals surface area contributed by atoms with Gasteiger partial charge in [-0.05, 0) is 18.8 Å². The zero-order chi connectivity index (χ0) is 6.41. The lowest BCUT2D eigenvalue weighted by Crippen LogP contribution is -2.12. The van der Waals surface area contributed by atoms with Gasteiger partial charge in [0.2, 0.25) is 0 Å². The molecule has 49 valence electrons. The summed E-state index contributed by atoms with van der Waals surface area (Å²) in [6, 6.07) is 0. The summed E-state index contributed by atoms with van der Waals surface area (Å²) < 4.78 is 5.54. The third kappa shape index (κ3) is 6.61. The van der Waals surface area contributed by atoms with Gasteiger partial charge in [0.05, 0.1) is 0 Å². The third-order valence-electron chi connectivity index (χ3n) is 0.775. The molecule has 0 aliphatic carbocycles. The molecule has 0 aliphatic rings. The van der Waals surface area contributed by atoms with Crippen molar-refractivity contribution in [1.29, 1.82) is 0 Å². The van der Waals surface area contributed by atoms with Crippen LogP contribution in [0.25, 0.3) is 0 Å². The molecule has 0 aromatic rings. The molecular weight excluding hydrogens is 148 g/mol. The quantitative estimate of drug-likeness (QED) is 0.416. The van der Waals surface area contributed by atoms with Crippen LogP contribution in [0.4, 0.5) is 0 Å². The van der Waals surface area contributed by atoms with Gasteiger partial charge >= 0.3 is 0 Å². The Bertz CT molecular complexity index is 48.5. The summed E-state index contributed by atoms with van der Waals surface area (Å²) in [6.07, 6.45) is 0. The maximum Gasteiger partial charge on any atom is 0.174 e. The van der Waals surface area contributed by atoms with Gasteiger partial charge in [-0.2, -0.15) is 0 Å². The monoisotopic (exact) mass is 163 g/mol. The van der Waals surface area contributed by atoms with Gasteiger partial charge in [-0.3, -0.25) is 0 Å². The second-order valence-corrected chi connectivity index (χ2v) is 8.97. The molecule has 0 heterocycles. The minimum Gasteiger partial charge on any atom is -0.461 e. The van der Waals surface area contributed by atoms with E-state index in [9.17, 15) is 0 Å². The zero-order valence-electron chi connectivity index (χ0n) is 5.98. The van der Waals surface area contributed by atoms with E-state index in [4.69, 9.17) is 4.12 Å². The summed E-state index contributed by atoms with van der Waals surface area (Å²) in [4.78, 5) is 0. The molecule has 0 amide bonds. The fraction of sp³-hybridized carbons (Fsp3) is 1.00. The molecule has 0 saturated heterocycles. The van der Waals surface area contributed by atoms with E-state index in [0.29, 0.717) is 19.3 Å². The summed E-state index contributed by atoms with van der Waals surface area (Å²) in [5, 5.41) is 0. The Morgan fingerprint density at radius 2 is 2.25 bits per heavy atom. The predicted octanol–water partition coefficient (Wildman–Crippen LogP) is -0.0694. The van der Waals surface area contributed by atoms with Gasteiger partial charge in [-0.1, -0.05) is 6.55 Å². The molecule has 8 heavy (non-hydrogen) atoms. The van der Waals surface area contributed by atoms with E-state index < -0.39 is 9.04 Å². The highest BCUT2D eigenvalue weighted by Crippen LogP contribution is 1.83. The number of hydrogen-bond donors (Lipinski definition) is 0. The second kappa shape index (κ2) is 5.74. The van der Waals surface area contributed by atoms with Crippen molar-refractivity contribution in [3.05, 3.63) is 0 Å². The molecule has 0 aromatic carbocycles. The molecule has 0 bridgehead atoms. The summed E-state index contributed by atoms with van der Waals surface area (Å²) in [6.45, 7) is 6.83. The predicted molar refractivity (Wildman–Crippen MR) is 46.3 cm³/mol. The maximum atomic E-state index is 5.54. The lowest BCUT2D eigenvalue weighted by Gasteiger charge is -2.02. The van der Waals surface area contributed by atoms with Gasteiger partial charge in [0.1, 0.15) is 0 Å². The Balaban J connectivity index is 2.72. The topological polar surface area (TPSA) is 9.23 Å². The smallest absolute Gasteiger partial charge is 0.174 e. The van der Waals surface area contributed by atoms with Crippen molar-refractivity contribution in [3.8, 4) is 0 Å². The summed E-state index contributed by atoms with van der Waals surface area (Å²) in [5.41, 5.74) is 1.45. The van der Waals surface area contributed by atoms with Crippen LogP contribution in [-0.4, -0.2) is 28.3 Å². The average Bonchev–Trinajstić information content (AvgIpc) is 1.66. The maximum absolute atomic E-state index is 5.54. The molecule has 1 radical (unpaired) electrons. The Morgan fingerprint density at radius 1 is 1.62 bits per heavy atom. The molecule has 0 spiro atoms. The van der Waals surface area contributed by atoms with Crippen molar-refractivity contribution in [2.24, 2.45) is 0 Å². The van der Waals surface area contributed by atoms with Crippen LogP contribution < -0.4 is 0 Å². The van der Waals surface area contributed by atoms with Crippen molar-refractivity contribution in [2.75, 3.05) is 0 Å². The van der Waals surface area contributed by atoms with Crippen LogP contribution in [0.2, 0.25) is 25.3 Å². The van der Waals surface area contributed by atoms with Gasteiger partial charge < -0.3 is 4.12 Å². The number of hydrogen-bond acceptors (Lipinski definition) is 1. The first-order valence-electron chi connectivity index (χ1n) is 3.24. The van der Waals surface area contributed by atoms with E-state index in [0.717, 1.165) is 0 Å². The highest BCUT2D eigenvalue weighted by Gasteiger charge is 1.93. The average molecular weight is 163 g/mol. The standard InChI is InChI=1S/C4H15OSi3/c1-6-4-7-5-8(2)3/h7-8H,4,6H2,1-3H3. The lowest BCUT2D eigenvalue weighted by atomic mass is 11.8. The fourth-order valence-corrected chi connectivity index (χ4v) is 4.63. The first kappa shape index (κ1) is 8.61. The summed E-state index contributed by atoms with van der Waals surface area (Å²) >= 11 is 0. The molecule has 0 N–H and O–H groups in total. The van der Waals surface area contributed by atoms with E-state index in [1.807, 2.05) is 0 Å². The molecule has 1 nitrogen and oxygen atoms in total. The van der Waals surface area contributed by atoms with Crippen LogP contribution in [0, 0.1) is 0 Å². The van der Waals surface area contributed by atoms with Crippen LogP contribution >= 0.6 is 0 Å². The van der Waals surface area contributed by atoms with Crippen molar-refractivity contribution in [2.45, 2.75) is 25.3 Å². The zero-order valence-corrected chi connectivity index (χ0v) is 9.70. The van der Waals surface area contributed by atoms with Crippen molar-refractivity contribution in [3.63, 3.8) is 0 Å². The van der Waals surface area contributed by atoms with Gasteiger partial charge in [-0.15, -0.1) is 0 Å². The normalized spacial score (nSPS) is 12.0. The molecule has 0 saturated carbocycles. The van der Waals surface area contributed by atoms with Gasteiger partial charge in [0.25, 0.3) is 0 Å². The van der Waals surface area contributed by atoms with Crippen molar-refractivity contribution in [1.82, 2.24) is 0 Å². The van der Waals surface area contributed by atoms with Crippen LogP contribution in [0.1, 0.15) is 0 Å². The minimum absolute atomic E-state index is 0.305. The highest BCUT2D eigenvalue weighted by atomic mass is 28.4. The Morgan fingerprint density at radius 3 is 2.62 bits per heavy atom. The lowest BCUT2D eigenvalue weighted by molar-refractivity contribution is 0.627. The SMILES string of the molecule is C[SiH2]C[SiH]O[SiH](C)C. The van der Waals surface area contributed by atoms with Crippen LogP contribution in [0.5, 0.6) is 0 Å². The first-order chi connectivity index (χ1) is 3.77. The molecule has 0 atom stereocenters. The fourth-order valence-electron chi connectivity index (χ4n) is 0.378.